The summed E-state index contributed by atoms with van der Waals surface area (Å²) in [7, 11) is 0. The van der Waals surface area contributed by atoms with Crippen LogP contribution in [0.3, 0.4) is 0 Å². The molecule has 1 heterocycles. The highest BCUT2D eigenvalue weighted by Gasteiger charge is 2.23. The smallest absolute Gasteiger partial charge is 0.246 e. The van der Waals surface area contributed by atoms with E-state index in [-0.39, 0.29) is 12.0 Å². The van der Waals surface area contributed by atoms with Crippen LogP contribution in [0.15, 0.2) is 42.5 Å². The molecule has 0 saturated heterocycles. The van der Waals surface area contributed by atoms with Gasteiger partial charge in [-0.1, -0.05) is 18.2 Å². The van der Waals surface area contributed by atoms with Crippen molar-refractivity contribution in [2.24, 2.45) is 0 Å². The van der Waals surface area contributed by atoms with Gasteiger partial charge in [0.05, 0.1) is 12.3 Å². The fourth-order valence-electron chi connectivity index (χ4n) is 2.90. The number of para-hydroxylation sites is 1. The van der Waals surface area contributed by atoms with Gasteiger partial charge in [-0.15, -0.1) is 0 Å². The molecule has 0 aliphatic carbocycles. The SMILES string of the molecule is CCOc1cc2c(cc1N[C@@H](C)C(=O)Nc1ccccc1)O[C@H](C)C2. The average molecular weight is 340 g/mol. The zero-order valence-corrected chi connectivity index (χ0v) is 14.8. The summed E-state index contributed by atoms with van der Waals surface area (Å²) in [4.78, 5) is 12.4. The third-order valence-electron chi connectivity index (χ3n) is 4.10. The molecule has 1 aliphatic rings. The van der Waals surface area contributed by atoms with Gasteiger partial charge in [-0.3, -0.25) is 4.79 Å². The average Bonchev–Trinajstić information content (AvgIpc) is 2.95. The largest absolute Gasteiger partial charge is 0.492 e. The van der Waals surface area contributed by atoms with Crippen LogP contribution >= 0.6 is 0 Å². The lowest BCUT2D eigenvalue weighted by Gasteiger charge is -2.19. The Kier molecular flexibility index (Phi) is 5.12. The van der Waals surface area contributed by atoms with E-state index in [1.54, 1.807) is 0 Å². The Bertz CT molecular complexity index is 746. The molecule has 5 heteroatoms. The van der Waals surface area contributed by atoms with Crippen LogP contribution in [-0.4, -0.2) is 24.7 Å². The second-order valence-corrected chi connectivity index (χ2v) is 6.24. The highest BCUT2D eigenvalue weighted by molar-refractivity contribution is 5.96. The minimum atomic E-state index is -0.420. The third kappa shape index (κ3) is 4.05. The van der Waals surface area contributed by atoms with Crippen LogP contribution < -0.4 is 20.1 Å². The minimum absolute atomic E-state index is 0.108. The van der Waals surface area contributed by atoms with Gasteiger partial charge >= 0.3 is 0 Å². The van der Waals surface area contributed by atoms with E-state index in [0.29, 0.717) is 6.61 Å². The summed E-state index contributed by atoms with van der Waals surface area (Å²) in [6.45, 7) is 6.38. The van der Waals surface area contributed by atoms with Crippen molar-refractivity contribution in [1.82, 2.24) is 0 Å². The fraction of sp³-hybridized carbons (Fsp3) is 0.350. The molecule has 0 spiro atoms. The standard InChI is InChI=1S/C20H24N2O3/c1-4-24-19-11-15-10-13(2)25-18(15)12-17(19)21-14(3)20(23)22-16-8-6-5-7-9-16/h5-9,11-14,21H,4,10H2,1-3H3,(H,22,23)/t13-,14+/m1/s1. The van der Waals surface area contributed by atoms with E-state index in [9.17, 15) is 4.79 Å². The summed E-state index contributed by atoms with van der Waals surface area (Å²) in [6, 6.07) is 12.9. The van der Waals surface area contributed by atoms with Gasteiger partial charge in [-0.05, 0) is 39.0 Å². The van der Waals surface area contributed by atoms with E-state index >= 15 is 0 Å². The number of hydrogen-bond donors (Lipinski definition) is 2. The molecule has 0 radical (unpaired) electrons. The highest BCUT2D eigenvalue weighted by Crippen LogP contribution is 2.38. The first-order valence-electron chi connectivity index (χ1n) is 8.65. The lowest BCUT2D eigenvalue weighted by atomic mass is 10.1. The van der Waals surface area contributed by atoms with Crippen molar-refractivity contribution >= 4 is 17.3 Å². The molecule has 1 aliphatic heterocycles. The lowest BCUT2D eigenvalue weighted by Crippen LogP contribution is -2.32. The molecule has 2 aromatic carbocycles. The predicted molar refractivity (Wildman–Crippen MR) is 99.6 cm³/mol. The maximum Gasteiger partial charge on any atom is 0.246 e. The van der Waals surface area contributed by atoms with Crippen LogP contribution in [0.2, 0.25) is 0 Å². The summed E-state index contributed by atoms with van der Waals surface area (Å²) >= 11 is 0. The predicted octanol–water partition coefficient (Wildman–Crippen LogP) is 3.85. The highest BCUT2D eigenvalue weighted by atomic mass is 16.5. The Morgan fingerprint density at radius 1 is 1.32 bits per heavy atom. The van der Waals surface area contributed by atoms with E-state index < -0.39 is 6.04 Å². The molecular weight excluding hydrogens is 316 g/mol. The molecule has 5 nitrogen and oxygen atoms in total. The van der Waals surface area contributed by atoms with E-state index in [4.69, 9.17) is 9.47 Å². The van der Waals surface area contributed by atoms with E-state index in [1.807, 2.05) is 63.2 Å². The van der Waals surface area contributed by atoms with Gasteiger partial charge in [-0.2, -0.15) is 0 Å². The Balaban J connectivity index is 1.75. The molecule has 0 unspecified atom stereocenters. The van der Waals surface area contributed by atoms with Gasteiger partial charge in [0.2, 0.25) is 5.91 Å². The van der Waals surface area contributed by atoms with Crippen molar-refractivity contribution in [2.45, 2.75) is 39.3 Å². The number of fused-ring (bicyclic) bond motifs is 1. The topological polar surface area (TPSA) is 59.6 Å². The van der Waals surface area contributed by atoms with E-state index in [1.165, 1.54) is 0 Å². The number of nitrogens with one attached hydrogen (secondary N) is 2. The number of hydrogen-bond acceptors (Lipinski definition) is 4. The number of anilines is 2. The Hall–Kier alpha value is -2.69. The van der Waals surface area contributed by atoms with Crippen LogP contribution in [-0.2, 0) is 11.2 Å². The first-order chi connectivity index (χ1) is 12.1. The minimum Gasteiger partial charge on any atom is -0.492 e. The maximum absolute atomic E-state index is 12.4. The zero-order valence-electron chi connectivity index (χ0n) is 14.8. The molecule has 25 heavy (non-hydrogen) atoms. The van der Waals surface area contributed by atoms with Gasteiger partial charge in [0.25, 0.3) is 0 Å². The summed E-state index contributed by atoms with van der Waals surface area (Å²) in [6.07, 6.45) is 1.04. The molecule has 3 rings (SSSR count). The van der Waals surface area contributed by atoms with Crippen molar-refractivity contribution in [3.8, 4) is 11.5 Å². The Labute approximate surface area is 148 Å². The van der Waals surface area contributed by atoms with Crippen molar-refractivity contribution in [2.75, 3.05) is 17.2 Å². The zero-order chi connectivity index (χ0) is 17.8. The normalized spacial score (nSPS) is 16.5. The molecule has 0 aromatic heterocycles. The fourth-order valence-corrected chi connectivity index (χ4v) is 2.90. The van der Waals surface area contributed by atoms with Gasteiger partial charge in [-0.25, -0.2) is 0 Å². The van der Waals surface area contributed by atoms with Gasteiger partial charge in [0, 0.05) is 23.7 Å². The number of rotatable bonds is 6. The number of carbonyl (C=O) groups is 1. The van der Waals surface area contributed by atoms with E-state index in [2.05, 4.69) is 10.6 Å². The molecule has 0 bridgehead atoms. The van der Waals surface area contributed by atoms with Crippen LogP contribution in [0.4, 0.5) is 11.4 Å². The molecule has 1 amide bonds. The molecule has 2 atom stereocenters. The molecule has 2 N–H and O–H groups in total. The van der Waals surface area contributed by atoms with E-state index in [0.717, 1.165) is 34.9 Å². The van der Waals surface area contributed by atoms with Crippen molar-refractivity contribution in [1.29, 1.82) is 0 Å². The first-order valence-corrected chi connectivity index (χ1v) is 8.65. The van der Waals surface area contributed by atoms with Crippen molar-refractivity contribution in [3.63, 3.8) is 0 Å². The van der Waals surface area contributed by atoms with Crippen molar-refractivity contribution < 1.29 is 14.3 Å². The quantitative estimate of drug-likeness (QED) is 0.839. The number of ether oxygens (including phenoxy) is 2. The molecule has 0 saturated carbocycles. The van der Waals surface area contributed by atoms with Crippen LogP contribution in [0.1, 0.15) is 26.3 Å². The van der Waals surface area contributed by atoms with Gasteiger partial charge in [0.1, 0.15) is 23.6 Å². The summed E-state index contributed by atoms with van der Waals surface area (Å²) < 4.78 is 11.6. The monoisotopic (exact) mass is 340 g/mol. The summed E-state index contributed by atoms with van der Waals surface area (Å²) in [5.74, 6) is 1.50. The second kappa shape index (κ2) is 7.47. The van der Waals surface area contributed by atoms with Gasteiger partial charge in [0.15, 0.2) is 0 Å². The van der Waals surface area contributed by atoms with Crippen molar-refractivity contribution in [3.05, 3.63) is 48.0 Å². The Morgan fingerprint density at radius 2 is 2.08 bits per heavy atom. The lowest BCUT2D eigenvalue weighted by molar-refractivity contribution is -0.116. The number of amides is 1. The Morgan fingerprint density at radius 3 is 2.80 bits per heavy atom. The van der Waals surface area contributed by atoms with Gasteiger partial charge < -0.3 is 20.1 Å². The molecule has 2 aromatic rings. The second-order valence-electron chi connectivity index (χ2n) is 6.24. The number of carbonyl (C=O) groups excluding carboxylic acids is 1. The molecule has 0 fully saturated rings. The third-order valence-corrected chi connectivity index (χ3v) is 4.10. The first kappa shape index (κ1) is 17.1. The summed E-state index contributed by atoms with van der Waals surface area (Å²) in [5, 5.41) is 6.14. The molecular formula is C20H24N2O3. The van der Waals surface area contributed by atoms with Crippen LogP contribution in [0.5, 0.6) is 11.5 Å². The van der Waals surface area contributed by atoms with Crippen LogP contribution in [0.25, 0.3) is 0 Å². The maximum atomic E-state index is 12.4. The van der Waals surface area contributed by atoms with Crippen LogP contribution in [0, 0.1) is 0 Å². The molecule has 132 valence electrons. The number of benzene rings is 2. The summed E-state index contributed by atoms with van der Waals surface area (Å²) in [5.41, 5.74) is 2.69.